The maximum atomic E-state index is 12.1. The summed E-state index contributed by atoms with van der Waals surface area (Å²) in [5.74, 6) is 1.40. The highest BCUT2D eigenvalue weighted by molar-refractivity contribution is 5.94. The number of aryl methyl sites for hydroxylation is 2. The van der Waals surface area contributed by atoms with Gasteiger partial charge in [0.25, 0.3) is 5.91 Å². The van der Waals surface area contributed by atoms with E-state index in [9.17, 15) is 4.79 Å². The van der Waals surface area contributed by atoms with Gasteiger partial charge in [0.15, 0.2) is 5.82 Å². The van der Waals surface area contributed by atoms with Crippen LogP contribution in [-0.4, -0.2) is 28.1 Å². The number of nitrogens with one attached hydrogen (secondary N) is 2. The van der Waals surface area contributed by atoms with E-state index in [0.29, 0.717) is 23.1 Å². The molecular formula is C13H17N5O2. The average Bonchev–Trinajstić information content (AvgIpc) is 2.89. The molecule has 0 saturated carbocycles. The molecule has 0 saturated heterocycles. The second kappa shape index (κ2) is 6.14. The van der Waals surface area contributed by atoms with E-state index in [1.807, 2.05) is 6.92 Å². The van der Waals surface area contributed by atoms with E-state index in [1.165, 1.54) is 0 Å². The van der Waals surface area contributed by atoms with E-state index in [2.05, 4.69) is 25.8 Å². The molecule has 2 N–H and O–H groups in total. The van der Waals surface area contributed by atoms with Gasteiger partial charge < -0.3 is 15.2 Å². The summed E-state index contributed by atoms with van der Waals surface area (Å²) in [5, 5.41) is 9.35. The van der Waals surface area contributed by atoms with Crippen molar-refractivity contribution in [2.24, 2.45) is 0 Å². The maximum absolute atomic E-state index is 12.1. The maximum Gasteiger partial charge on any atom is 0.251 e. The molecule has 0 spiro atoms. The van der Waals surface area contributed by atoms with Crippen LogP contribution in [0.15, 0.2) is 16.7 Å². The van der Waals surface area contributed by atoms with E-state index in [0.717, 1.165) is 12.1 Å². The molecule has 0 fully saturated rings. The summed E-state index contributed by atoms with van der Waals surface area (Å²) in [7, 11) is 1.77. The van der Waals surface area contributed by atoms with Gasteiger partial charge in [-0.25, -0.2) is 4.98 Å². The zero-order valence-corrected chi connectivity index (χ0v) is 11.7. The lowest BCUT2D eigenvalue weighted by Crippen LogP contribution is -2.23. The first kappa shape index (κ1) is 14.0. The Labute approximate surface area is 116 Å². The number of pyridine rings is 1. The van der Waals surface area contributed by atoms with Crippen molar-refractivity contribution in [3.05, 3.63) is 35.1 Å². The number of amides is 1. The van der Waals surface area contributed by atoms with E-state index < -0.39 is 0 Å². The van der Waals surface area contributed by atoms with Gasteiger partial charge in [0.05, 0.1) is 6.54 Å². The van der Waals surface area contributed by atoms with E-state index in [-0.39, 0.29) is 12.5 Å². The normalized spacial score (nSPS) is 10.3. The largest absolute Gasteiger partial charge is 0.373 e. The monoisotopic (exact) mass is 275 g/mol. The standard InChI is InChI=1S/C13H17N5O2/c1-4-10-5-9(6-11(14-3)17-10)13(19)15-7-12-16-8(2)18-20-12/h5-6H,4,7H2,1-3H3,(H,14,17)(H,15,19). The Bertz CT molecular complexity index is 586. The van der Waals surface area contributed by atoms with Crippen LogP contribution in [0, 0.1) is 6.92 Å². The zero-order chi connectivity index (χ0) is 14.5. The molecule has 0 aromatic carbocycles. The van der Waals surface area contributed by atoms with Crippen molar-refractivity contribution < 1.29 is 9.32 Å². The van der Waals surface area contributed by atoms with Crippen molar-refractivity contribution in [1.82, 2.24) is 20.4 Å². The molecule has 2 aromatic heterocycles. The predicted molar refractivity (Wildman–Crippen MR) is 73.4 cm³/mol. The smallest absolute Gasteiger partial charge is 0.251 e. The number of hydrogen-bond acceptors (Lipinski definition) is 6. The second-order valence-corrected chi connectivity index (χ2v) is 4.25. The highest BCUT2D eigenvalue weighted by Gasteiger charge is 2.10. The average molecular weight is 275 g/mol. The van der Waals surface area contributed by atoms with Crippen LogP contribution >= 0.6 is 0 Å². The lowest BCUT2D eigenvalue weighted by atomic mass is 10.2. The van der Waals surface area contributed by atoms with Crippen LogP contribution in [0.4, 0.5) is 5.82 Å². The van der Waals surface area contributed by atoms with Crippen LogP contribution in [0.1, 0.15) is 34.7 Å². The SMILES string of the molecule is CCc1cc(C(=O)NCc2nc(C)no2)cc(NC)n1. The number of carbonyl (C=O) groups excluding carboxylic acids is 1. The third-order valence-corrected chi connectivity index (χ3v) is 2.73. The fraction of sp³-hybridized carbons (Fsp3) is 0.385. The molecule has 7 nitrogen and oxygen atoms in total. The van der Waals surface area contributed by atoms with Gasteiger partial charge in [0, 0.05) is 18.3 Å². The zero-order valence-electron chi connectivity index (χ0n) is 11.7. The first-order valence-electron chi connectivity index (χ1n) is 6.38. The van der Waals surface area contributed by atoms with Crippen molar-refractivity contribution >= 4 is 11.7 Å². The van der Waals surface area contributed by atoms with E-state index in [1.54, 1.807) is 26.1 Å². The highest BCUT2D eigenvalue weighted by atomic mass is 16.5. The summed E-state index contributed by atoms with van der Waals surface area (Å²) in [5.41, 5.74) is 1.41. The van der Waals surface area contributed by atoms with Gasteiger partial charge in [-0.05, 0) is 25.5 Å². The minimum absolute atomic E-state index is 0.200. The Morgan fingerprint density at radius 2 is 2.15 bits per heavy atom. The Morgan fingerprint density at radius 3 is 2.75 bits per heavy atom. The summed E-state index contributed by atoms with van der Waals surface area (Å²) < 4.78 is 4.94. The molecule has 2 rings (SSSR count). The van der Waals surface area contributed by atoms with Crippen LogP contribution in [-0.2, 0) is 13.0 Å². The first-order valence-corrected chi connectivity index (χ1v) is 6.38. The number of rotatable bonds is 5. The Kier molecular flexibility index (Phi) is 4.29. The third-order valence-electron chi connectivity index (χ3n) is 2.73. The lowest BCUT2D eigenvalue weighted by Gasteiger charge is -2.07. The molecule has 0 atom stereocenters. The Balaban J connectivity index is 2.08. The number of carbonyl (C=O) groups is 1. The second-order valence-electron chi connectivity index (χ2n) is 4.25. The molecule has 0 aliphatic rings. The van der Waals surface area contributed by atoms with Crippen molar-refractivity contribution in [3.63, 3.8) is 0 Å². The summed E-state index contributed by atoms with van der Waals surface area (Å²) in [6.45, 7) is 3.92. The highest BCUT2D eigenvalue weighted by Crippen LogP contribution is 2.11. The molecule has 106 valence electrons. The Hall–Kier alpha value is -2.44. The number of anilines is 1. The minimum Gasteiger partial charge on any atom is -0.373 e. The molecule has 0 aliphatic carbocycles. The molecule has 20 heavy (non-hydrogen) atoms. The predicted octanol–water partition coefficient (Wildman–Crippen LogP) is 1.31. The van der Waals surface area contributed by atoms with Crippen LogP contribution in [0.25, 0.3) is 0 Å². The molecule has 1 amide bonds. The van der Waals surface area contributed by atoms with Crippen molar-refractivity contribution in [1.29, 1.82) is 0 Å². The van der Waals surface area contributed by atoms with E-state index >= 15 is 0 Å². The van der Waals surface area contributed by atoms with Crippen molar-refractivity contribution in [2.45, 2.75) is 26.8 Å². The number of nitrogens with zero attached hydrogens (tertiary/aromatic N) is 3. The topological polar surface area (TPSA) is 92.9 Å². The molecule has 0 aliphatic heterocycles. The molecule has 2 aromatic rings. The molecule has 0 bridgehead atoms. The van der Waals surface area contributed by atoms with Gasteiger partial charge in [-0.1, -0.05) is 12.1 Å². The van der Waals surface area contributed by atoms with Gasteiger partial charge >= 0.3 is 0 Å². The summed E-state index contributed by atoms with van der Waals surface area (Å²) >= 11 is 0. The minimum atomic E-state index is -0.200. The van der Waals surface area contributed by atoms with Gasteiger partial charge in [-0.2, -0.15) is 4.98 Å². The summed E-state index contributed by atoms with van der Waals surface area (Å²) in [6.07, 6.45) is 0.763. The molecule has 7 heteroatoms. The van der Waals surface area contributed by atoms with Gasteiger partial charge in [-0.3, -0.25) is 4.79 Å². The fourth-order valence-corrected chi connectivity index (χ4v) is 1.70. The van der Waals surface area contributed by atoms with Crippen molar-refractivity contribution in [3.8, 4) is 0 Å². The van der Waals surface area contributed by atoms with Crippen LogP contribution < -0.4 is 10.6 Å². The fourth-order valence-electron chi connectivity index (χ4n) is 1.70. The number of aromatic nitrogens is 3. The number of hydrogen-bond donors (Lipinski definition) is 2. The van der Waals surface area contributed by atoms with E-state index in [4.69, 9.17) is 4.52 Å². The van der Waals surface area contributed by atoms with Crippen LogP contribution in [0.5, 0.6) is 0 Å². The van der Waals surface area contributed by atoms with Gasteiger partial charge in [0.1, 0.15) is 5.82 Å². The van der Waals surface area contributed by atoms with Gasteiger partial charge in [0.2, 0.25) is 5.89 Å². The van der Waals surface area contributed by atoms with Crippen LogP contribution in [0.3, 0.4) is 0 Å². The van der Waals surface area contributed by atoms with Crippen molar-refractivity contribution in [2.75, 3.05) is 12.4 Å². The summed E-state index contributed by atoms with van der Waals surface area (Å²) in [4.78, 5) is 20.5. The van der Waals surface area contributed by atoms with Crippen LogP contribution in [0.2, 0.25) is 0 Å². The molecular weight excluding hydrogens is 258 g/mol. The lowest BCUT2D eigenvalue weighted by molar-refractivity contribution is 0.0946. The molecule has 2 heterocycles. The quantitative estimate of drug-likeness (QED) is 0.854. The molecule has 0 unspecified atom stereocenters. The third kappa shape index (κ3) is 3.31. The van der Waals surface area contributed by atoms with Gasteiger partial charge in [-0.15, -0.1) is 0 Å². The first-order chi connectivity index (χ1) is 9.62. The molecule has 0 radical (unpaired) electrons. The Morgan fingerprint density at radius 1 is 1.35 bits per heavy atom. The summed E-state index contributed by atoms with van der Waals surface area (Å²) in [6, 6.07) is 3.47.